The molecule has 1 heterocycles. The summed E-state index contributed by atoms with van der Waals surface area (Å²) in [5.74, 6) is 1.16. The summed E-state index contributed by atoms with van der Waals surface area (Å²) in [6.07, 6.45) is 0.875. The van der Waals surface area contributed by atoms with Gasteiger partial charge in [-0.3, -0.25) is 9.36 Å². The van der Waals surface area contributed by atoms with Gasteiger partial charge in [0.2, 0.25) is 0 Å². The lowest BCUT2D eigenvalue weighted by molar-refractivity contribution is -0.119. The highest BCUT2D eigenvalue weighted by Crippen LogP contribution is 2.19. The zero-order chi connectivity index (χ0) is 21.5. The van der Waals surface area contributed by atoms with Gasteiger partial charge in [0.25, 0.3) is 0 Å². The summed E-state index contributed by atoms with van der Waals surface area (Å²) >= 11 is 5.97. The molecule has 3 aromatic rings. The van der Waals surface area contributed by atoms with Crippen LogP contribution in [0.15, 0.2) is 53.3 Å². The Labute approximate surface area is 179 Å². The van der Waals surface area contributed by atoms with E-state index in [9.17, 15) is 9.59 Å². The molecule has 0 spiro atoms. The van der Waals surface area contributed by atoms with Crippen LogP contribution in [0, 0.1) is 0 Å². The maximum Gasteiger partial charge on any atom is 0.346 e. The number of hydrogen-bond donors (Lipinski definition) is 0. The first-order valence-electron chi connectivity index (χ1n) is 9.59. The van der Waals surface area contributed by atoms with Gasteiger partial charge >= 0.3 is 5.69 Å². The Balaban J connectivity index is 1.76. The number of aryl methyl sites for hydroxylation is 1. The van der Waals surface area contributed by atoms with Crippen LogP contribution in [0.1, 0.15) is 12.0 Å². The first kappa shape index (κ1) is 21.8. The second kappa shape index (κ2) is 10.2. The number of aromatic nitrogens is 3. The monoisotopic (exact) mass is 429 g/mol. The van der Waals surface area contributed by atoms with Crippen molar-refractivity contribution in [3.05, 3.63) is 69.6 Å². The average molecular weight is 430 g/mol. The summed E-state index contributed by atoms with van der Waals surface area (Å²) in [5, 5.41) is 5.01. The number of ether oxygens (including phenoxy) is 2. The van der Waals surface area contributed by atoms with Crippen LogP contribution in [0.4, 0.5) is 0 Å². The highest BCUT2D eigenvalue weighted by molar-refractivity contribution is 6.30. The van der Waals surface area contributed by atoms with Crippen molar-refractivity contribution in [2.45, 2.75) is 25.9 Å². The molecule has 0 fully saturated rings. The van der Waals surface area contributed by atoms with Gasteiger partial charge in [-0.1, -0.05) is 23.7 Å². The Morgan fingerprint density at radius 1 is 1.13 bits per heavy atom. The van der Waals surface area contributed by atoms with Gasteiger partial charge in [-0.25, -0.2) is 9.48 Å². The SMILES string of the molecule is COCCn1c(-c2ccc(Cl)cc2)nn(CC(=O)CCc2cccc(OC)c2)c1=O. The van der Waals surface area contributed by atoms with Crippen molar-refractivity contribution in [1.82, 2.24) is 14.3 Å². The van der Waals surface area contributed by atoms with Gasteiger partial charge in [0, 0.05) is 24.1 Å². The maximum absolute atomic E-state index is 12.8. The topological polar surface area (TPSA) is 75.3 Å². The number of rotatable bonds is 10. The fourth-order valence-electron chi connectivity index (χ4n) is 3.10. The van der Waals surface area contributed by atoms with E-state index >= 15 is 0 Å². The van der Waals surface area contributed by atoms with Crippen molar-refractivity contribution >= 4 is 17.4 Å². The van der Waals surface area contributed by atoms with Crippen molar-refractivity contribution in [1.29, 1.82) is 0 Å². The Bertz CT molecular complexity index is 1060. The zero-order valence-corrected chi connectivity index (χ0v) is 17.8. The summed E-state index contributed by atoms with van der Waals surface area (Å²) in [6, 6.07) is 14.7. The molecular weight excluding hydrogens is 406 g/mol. The minimum atomic E-state index is -0.341. The predicted octanol–water partition coefficient (Wildman–Crippen LogP) is 3.22. The van der Waals surface area contributed by atoms with E-state index in [1.807, 2.05) is 24.3 Å². The van der Waals surface area contributed by atoms with Crippen molar-refractivity contribution in [3.63, 3.8) is 0 Å². The lowest BCUT2D eigenvalue weighted by Gasteiger charge is -2.04. The van der Waals surface area contributed by atoms with E-state index in [-0.39, 0.29) is 18.0 Å². The molecule has 0 radical (unpaired) electrons. The summed E-state index contributed by atoms with van der Waals surface area (Å²) < 4.78 is 13.1. The molecule has 0 N–H and O–H groups in total. The Morgan fingerprint density at radius 3 is 2.60 bits per heavy atom. The molecule has 7 nitrogen and oxygen atoms in total. The number of methoxy groups -OCH3 is 2. The predicted molar refractivity (Wildman–Crippen MR) is 115 cm³/mol. The third-order valence-electron chi connectivity index (χ3n) is 4.70. The molecule has 3 rings (SSSR count). The first-order chi connectivity index (χ1) is 14.5. The van der Waals surface area contributed by atoms with E-state index in [0.717, 1.165) is 16.9 Å². The van der Waals surface area contributed by atoms with Crippen LogP contribution >= 0.6 is 11.6 Å². The number of halogens is 1. The molecule has 0 aliphatic heterocycles. The number of Topliss-reactive ketones (excluding diaryl/α,β-unsaturated/α-hetero) is 1. The van der Waals surface area contributed by atoms with Crippen LogP contribution in [0.25, 0.3) is 11.4 Å². The molecule has 2 aromatic carbocycles. The molecule has 0 aliphatic carbocycles. The quantitative estimate of drug-likeness (QED) is 0.494. The summed E-state index contributed by atoms with van der Waals surface area (Å²) in [6.45, 7) is 0.616. The fourth-order valence-corrected chi connectivity index (χ4v) is 3.22. The Morgan fingerprint density at radius 2 is 1.90 bits per heavy atom. The smallest absolute Gasteiger partial charge is 0.346 e. The third-order valence-corrected chi connectivity index (χ3v) is 4.95. The van der Waals surface area contributed by atoms with Crippen molar-refractivity contribution < 1.29 is 14.3 Å². The number of carbonyl (C=O) groups excluding carboxylic acids is 1. The van der Waals surface area contributed by atoms with Gasteiger partial charge in [0.1, 0.15) is 12.3 Å². The Hall–Kier alpha value is -2.90. The number of ketones is 1. The van der Waals surface area contributed by atoms with Crippen LogP contribution in [-0.4, -0.2) is 41.0 Å². The maximum atomic E-state index is 12.8. The molecule has 0 amide bonds. The molecule has 30 heavy (non-hydrogen) atoms. The van der Waals surface area contributed by atoms with Crippen LogP contribution in [-0.2, 0) is 29.0 Å². The van der Waals surface area contributed by atoms with E-state index < -0.39 is 0 Å². The average Bonchev–Trinajstić information content (AvgIpc) is 3.06. The van der Waals surface area contributed by atoms with Crippen LogP contribution in [0.5, 0.6) is 5.75 Å². The van der Waals surface area contributed by atoms with Gasteiger partial charge in [0.15, 0.2) is 11.6 Å². The first-order valence-corrected chi connectivity index (χ1v) is 9.96. The van der Waals surface area contributed by atoms with Gasteiger partial charge in [-0.05, 0) is 48.4 Å². The number of hydrogen-bond acceptors (Lipinski definition) is 5. The molecular formula is C22H24ClN3O4. The van der Waals surface area contributed by atoms with E-state index in [0.29, 0.717) is 36.8 Å². The lowest BCUT2D eigenvalue weighted by Crippen LogP contribution is -2.29. The summed E-state index contributed by atoms with van der Waals surface area (Å²) in [7, 11) is 3.17. The summed E-state index contributed by atoms with van der Waals surface area (Å²) in [4.78, 5) is 25.4. The van der Waals surface area contributed by atoms with Crippen LogP contribution in [0.3, 0.4) is 0 Å². The second-order valence-electron chi connectivity index (χ2n) is 6.81. The van der Waals surface area contributed by atoms with Gasteiger partial charge in [-0.2, -0.15) is 0 Å². The molecule has 1 aromatic heterocycles. The largest absolute Gasteiger partial charge is 0.497 e. The molecule has 8 heteroatoms. The van der Waals surface area contributed by atoms with Crippen molar-refractivity contribution in [2.24, 2.45) is 0 Å². The van der Waals surface area contributed by atoms with E-state index in [1.165, 1.54) is 9.25 Å². The number of nitrogens with zero attached hydrogens (tertiary/aromatic N) is 3. The van der Waals surface area contributed by atoms with E-state index in [4.69, 9.17) is 21.1 Å². The fraction of sp³-hybridized carbons (Fsp3) is 0.318. The van der Waals surface area contributed by atoms with Gasteiger partial charge < -0.3 is 9.47 Å². The summed E-state index contributed by atoms with van der Waals surface area (Å²) in [5.41, 5.74) is 1.41. The van der Waals surface area contributed by atoms with Gasteiger partial charge in [0.05, 0.1) is 20.3 Å². The van der Waals surface area contributed by atoms with Crippen molar-refractivity contribution in [2.75, 3.05) is 20.8 Å². The van der Waals surface area contributed by atoms with Crippen LogP contribution < -0.4 is 10.4 Å². The zero-order valence-electron chi connectivity index (χ0n) is 17.0. The standard InChI is InChI=1S/C22H24ClN3O4/c1-29-13-12-25-21(17-7-9-18(23)10-8-17)24-26(22(25)28)15-19(27)11-6-16-4-3-5-20(14-16)30-2/h3-5,7-10,14H,6,11-13,15H2,1-2H3. The molecule has 0 saturated carbocycles. The second-order valence-corrected chi connectivity index (χ2v) is 7.24. The minimum Gasteiger partial charge on any atom is -0.497 e. The molecule has 158 valence electrons. The van der Waals surface area contributed by atoms with Gasteiger partial charge in [-0.15, -0.1) is 5.10 Å². The number of carbonyl (C=O) groups is 1. The normalized spacial score (nSPS) is 10.9. The molecule has 0 aliphatic rings. The molecule has 0 saturated heterocycles. The minimum absolute atomic E-state index is 0.0704. The highest BCUT2D eigenvalue weighted by Gasteiger charge is 2.17. The lowest BCUT2D eigenvalue weighted by atomic mass is 10.1. The van der Waals surface area contributed by atoms with E-state index in [2.05, 4.69) is 5.10 Å². The molecule has 0 atom stereocenters. The number of benzene rings is 2. The third kappa shape index (κ3) is 5.37. The molecule has 0 unspecified atom stereocenters. The van der Waals surface area contributed by atoms with Crippen molar-refractivity contribution in [3.8, 4) is 17.1 Å². The van der Waals surface area contributed by atoms with E-state index in [1.54, 1.807) is 38.5 Å². The highest BCUT2D eigenvalue weighted by atomic mass is 35.5. The Kier molecular flexibility index (Phi) is 7.43. The van der Waals surface area contributed by atoms with Crippen LogP contribution in [0.2, 0.25) is 5.02 Å². The molecule has 0 bridgehead atoms.